The van der Waals surface area contributed by atoms with Gasteiger partial charge in [0.25, 0.3) is 5.66 Å². The van der Waals surface area contributed by atoms with Gasteiger partial charge in [0.15, 0.2) is 0 Å². The smallest absolute Gasteiger partial charge is 0.283 e. The third kappa shape index (κ3) is 8.56. The average Bonchev–Trinajstić information content (AvgIpc) is 2.64. The summed E-state index contributed by atoms with van der Waals surface area (Å²) in [6.07, 6.45) is 0.546. The first-order valence-electron chi connectivity index (χ1n) is 8.35. The average molecular weight is 401 g/mol. The van der Waals surface area contributed by atoms with Crippen molar-refractivity contribution in [2.45, 2.75) is 39.8 Å². The minimum atomic E-state index is -2.92. The zero-order valence-corrected chi connectivity index (χ0v) is 17.3. The molecule has 7 heteroatoms. The van der Waals surface area contributed by atoms with Gasteiger partial charge in [-0.25, -0.2) is 4.98 Å². The number of aromatic nitrogens is 1. The molecule has 2 aromatic rings. The fraction of sp³-hybridized carbons (Fsp3) is 0.368. The van der Waals surface area contributed by atoms with Crippen LogP contribution in [0.1, 0.15) is 44.5 Å². The van der Waals surface area contributed by atoms with E-state index in [0.29, 0.717) is 18.8 Å². The van der Waals surface area contributed by atoms with E-state index in [1.807, 2.05) is 33.8 Å². The highest BCUT2D eigenvalue weighted by atomic mass is 35.5. The van der Waals surface area contributed by atoms with Crippen molar-refractivity contribution in [2.24, 2.45) is 0 Å². The van der Waals surface area contributed by atoms with Crippen LogP contribution in [0, 0.1) is 11.3 Å². The van der Waals surface area contributed by atoms with Gasteiger partial charge in [-0.1, -0.05) is 72.8 Å². The maximum Gasteiger partial charge on any atom is 0.283 e. The molecule has 26 heavy (non-hydrogen) atoms. The van der Waals surface area contributed by atoms with Gasteiger partial charge in [0.1, 0.15) is 22.7 Å². The largest absolute Gasteiger partial charge is 0.493 e. The van der Waals surface area contributed by atoms with Crippen LogP contribution >= 0.6 is 20.8 Å². The first-order valence-corrected chi connectivity index (χ1v) is 9.30. The molecule has 1 atom stereocenters. The van der Waals surface area contributed by atoms with Crippen LogP contribution in [-0.2, 0) is 12.1 Å². The van der Waals surface area contributed by atoms with Crippen LogP contribution in [0.4, 0.5) is 8.78 Å². The second-order valence-corrected chi connectivity index (χ2v) is 5.65. The Bertz CT molecular complexity index is 698. The van der Waals surface area contributed by atoms with E-state index in [1.165, 1.54) is 33.5 Å². The van der Waals surface area contributed by atoms with Crippen molar-refractivity contribution in [3.63, 3.8) is 0 Å². The summed E-state index contributed by atoms with van der Waals surface area (Å²) < 4.78 is 31.6. The van der Waals surface area contributed by atoms with Gasteiger partial charge in [-0.3, -0.25) is 0 Å². The molecule has 3 nitrogen and oxygen atoms in total. The normalized spacial score (nSPS) is 9.81. The Balaban J connectivity index is 0.00000146. The molecule has 0 bridgehead atoms. The summed E-state index contributed by atoms with van der Waals surface area (Å²) in [5.74, 6) is 0.449. The Kier molecular flexibility index (Phi) is 11.7. The molecule has 0 saturated heterocycles. The molecular formula is C19H24ClF2N2OP. The van der Waals surface area contributed by atoms with E-state index in [-0.39, 0.29) is 16.4 Å². The Morgan fingerprint density at radius 3 is 2.23 bits per heavy atom. The second-order valence-electron chi connectivity index (χ2n) is 4.54. The molecule has 1 aromatic heterocycles. The van der Waals surface area contributed by atoms with Gasteiger partial charge < -0.3 is 4.74 Å². The molecule has 0 aliphatic heterocycles. The van der Waals surface area contributed by atoms with E-state index >= 15 is 0 Å². The van der Waals surface area contributed by atoms with Crippen molar-refractivity contribution < 1.29 is 13.5 Å². The fourth-order valence-electron chi connectivity index (χ4n) is 1.79. The van der Waals surface area contributed by atoms with Crippen LogP contribution in [-0.4, -0.2) is 11.6 Å². The summed E-state index contributed by atoms with van der Waals surface area (Å²) in [6, 6.07) is 10.9. The molecule has 0 fully saturated rings. The van der Waals surface area contributed by atoms with Gasteiger partial charge in [-0.2, -0.15) is 14.0 Å². The SMILES string of the molecule is CC.CC.N#Cc1cc(OCCc2ccc(C(F)(F)P)cc2)cc(Cl)n1. The quantitative estimate of drug-likeness (QED) is 0.443. The lowest BCUT2D eigenvalue weighted by atomic mass is 10.1. The summed E-state index contributed by atoms with van der Waals surface area (Å²) in [6.45, 7) is 8.34. The highest BCUT2D eigenvalue weighted by Gasteiger charge is 2.23. The monoisotopic (exact) mass is 400 g/mol. The van der Waals surface area contributed by atoms with Crippen molar-refractivity contribution in [3.8, 4) is 11.8 Å². The number of alkyl halides is 2. The maximum atomic E-state index is 13.1. The molecule has 142 valence electrons. The molecule has 2 rings (SSSR count). The number of pyridine rings is 1. The van der Waals surface area contributed by atoms with Crippen molar-refractivity contribution in [2.75, 3.05) is 6.61 Å². The topological polar surface area (TPSA) is 45.9 Å². The summed E-state index contributed by atoms with van der Waals surface area (Å²) in [5, 5.41) is 8.97. The van der Waals surface area contributed by atoms with Gasteiger partial charge in [-0.05, 0) is 5.56 Å². The number of halogens is 3. The standard InChI is InChI=1S/C15H12ClF2N2OP.2C2H6/c16-14-8-13(7-12(9-19)20-14)21-6-5-10-1-3-11(4-2-10)15(17,18)22;2*1-2/h1-4,7-8H,5-6,22H2;2*1-2H3. The third-order valence-electron chi connectivity index (χ3n) is 2.88. The van der Waals surface area contributed by atoms with E-state index in [1.54, 1.807) is 12.1 Å². The Morgan fingerprint density at radius 1 is 1.15 bits per heavy atom. The lowest BCUT2D eigenvalue weighted by Gasteiger charge is -2.11. The predicted molar refractivity (Wildman–Crippen MR) is 106 cm³/mol. The molecule has 1 heterocycles. The zero-order chi connectivity index (χ0) is 20.2. The van der Waals surface area contributed by atoms with Gasteiger partial charge in [0.2, 0.25) is 0 Å². The highest BCUT2D eigenvalue weighted by Crippen LogP contribution is 2.34. The van der Waals surface area contributed by atoms with Crippen LogP contribution in [0.25, 0.3) is 0 Å². The number of ether oxygens (including phenoxy) is 1. The van der Waals surface area contributed by atoms with E-state index < -0.39 is 5.66 Å². The van der Waals surface area contributed by atoms with E-state index in [2.05, 4.69) is 4.98 Å². The Hall–Kier alpha value is -1.76. The lowest BCUT2D eigenvalue weighted by Crippen LogP contribution is -2.04. The second kappa shape index (κ2) is 12.6. The van der Waals surface area contributed by atoms with Crippen molar-refractivity contribution in [3.05, 3.63) is 58.4 Å². The molecule has 0 aliphatic carbocycles. The molecule has 1 aromatic carbocycles. The fourth-order valence-corrected chi connectivity index (χ4v) is 2.19. The molecule has 1 unspecified atom stereocenters. The van der Waals surface area contributed by atoms with Gasteiger partial charge in [0, 0.05) is 24.1 Å². The van der Waals surface area contributed by atoms with E-state index in [0.717, 1.165) is 5.56 Å². The first-order chi connectivity index (χ1) is 12.4. The molecule has 0 amide bonds. The van der Waals surface area contributed by atoms with Crippen LogP contribution in [0.5, 0.6) is 5.75 Å². The maximum absolute atomic E-state index is 13.1. The predicted octanol–water partition coefficient (Wildman–Crippen LogP) is 6.20. The van der Waals surface area contributed by atoms with Crippen LogP contribution in [0.2, 0.25) is 5.15 Å². The van der Waals surface area contributed by atoms with Crippen molar-refractivity contribution in [1.82, 2.24) is 4.98 Å². The number of hydrogen-bond acceptors (Lipinski definition) is 3. The number of nitrogens with zero attached hydrogens (tertiary/aromatic N) is 2. The summed E-state index contributed by atoms with van der Waals surface area (Å²) in [4.78, 5) is 3.80. The lowest BCUT2D eigenvalue weighted by molar-refractivity contribution is 0.104. The molecule has 0 aliphatic rings. The molecule has 0 spiro atoms. The minimum absolute atomic E-state index is 0.0539. The third-order valence-corrected chi connectivity index (χ3v) is 3.41. The number of benzene rings is 1. The minimum Gasteiger partial charge on any atom is -0.493 e. The van der Waals surface area contributed by atoms with Crippen LogP contribution < -0.4 is 4.74 Å². The zero-order valence-electron chi connectivity index (χ0n) is 15.4. The first kappa shape index (κ1) is 24.2. The van der Waals surface area contributed by atoms with E-state index in [9.17, 15) is 8.78 Å². The van der Waals surface area contributed by atoms with Crippen molar-refractivity contribution >= 4 is 20.8 Å². The van der Waals surface area contributed by atoms with Gasteiger partial charge in [-0.15, -0.1) is 0 Å². The summed E-state index contributed by atoms with van der Waals surface area (Å²) in [5.41, 5.74) is -1.92. The molecular weight excluding hydrogens is 377 g/mol. The van der Waals surface area contributed by atoms with Gasteiger partial charge in [0.05, 0.1) is 6.61 Å². The van der Waals surface area contributed by atoms with Crippen LogP contribution in [0.15, 0.2) is 36.4 Å². The highest BCUT2D eigenvalue weighted by molar-refractivity contribution is 7.17. The van der Waals surface area contributed by atoms with E-state index in [4.69, 9.17) is 21.6 Å². The van der Waals surface area contributed by atoms with Gasteiger partial charge >= 0.3 is 0 Å². The Labute approximate surface area is 161 Å². The van der Waals surface area contributed by atoms with Crippen LogP contribution in [0.3, 0.4) is 0 Å². The summed E-state index contributed by atoms with van der Waals surface area (Å²) >= 11 is 5.77. The number of rotatable bonds is 5. The number of nitriles is 1. The molecule has 0 radical (unpaired) electrons. The van der Waals surface area contributed by atoms with Crippen molar-refractivity contribution in [1.29, 1.82) is 5.26 Å². The Morgan fingerprint density at radius 2 is 1.73 bits per heavy atom. The number of hydrogen-bond donors (Lipinski definition) is 0. The summed E-state index contributed by atoms with van der Waals surface area (Å²) in [7, 11) is 1.51. The molecule has 0 N–H and O–H groups in total. The molecule has 0 saturated carbocycles.